The minimum absolute atomic E-state index is 0.135. The molecule has 1 saturated heterocycles. The van der Waals surface area contributed by atoms with Crippen LogP contribution in [0.2, 0.25) is 0 Å². The average Bonchev–Trinajstić information content (AvgIpc) is 3.28. The van der Waals surface area contributed by atoms with Crippen molar-refractivity contribution in [2.45, 2.75) is 31.3 Å². The Hall–Kier alpha value is -4.33. The molecule has 0 saturated carbocycles. The number of carboxylic acid groups (broad SMARTS) is 1. The number of amides is 3. The molecule has 35 heavy (non-hydrogen) atoms. The predicted octanol–water partition coefficient (Wildman–Crippen LogP) is 4.25. The molecular weight excluding hydrogens is 446 g/mol. The summed E-state index contributed by atoms with van der Waals surface area (Å²) in [5.41, 5.74) is 2.67. The lowest BCUT2D eigenvalue weighted by Crippen LogP contribution is -2.42. The van der Waals surface area contributed by atoms with Gasteiger partial charge < -0.3 is 25.7 Å². The lowest BCUT2D eigenvalue weighted by molar-refractivity contribution is -0.136. The van der Waals surface area contributed by atoms with Crippen molar-refractivity contribution in [2.24, 2.45) is 0 Å². The number of rotatable bonds is 7. The van der Waals surface area contributed by atoms with Crippen LogP contribution in [0.25, 0.3) is 0 Å². The van der Waals surface area contributed by atoms with Gasteiger partial charge in [0, 0.05) is 11.3 Å². The van der Waals surface area contributed by atoms with Crippen LogP contribution in [0.5, 0.6) is 5.75 Å². The highest BCUT2D eigenvalue weighted by Crippen LogP contribution is 2.45. The number of carbonyl (C=O) groups excluding carboxylic acids is 2. The van der Waals surface area contributed by atoms with Crippen molar-refractivity contribution >= 4 is 23.6 Å². The number of para-hydroxylation sites is 1. The van der Waals surface area contributed by atoms with E-state index in [4.69, 9.17) is 5.11 Å². The Morgan fingerprint density at radius 2 is 1.60 bits per heavy atom. The minimum Gasteiger partial charge on any atom is -0.508 e. The van der Waals surface area contributed by atoms with Crippen molar-refractivity contribution in [1.82, 2.24) is 10.2 Å². The fraction of sp³-hybridized carbons (Fsp3) is 0.222. The Morgan fingerprint density at radius 3 is 2.34 bits per heavy atom. The van der Waals surface area contributed by atoms with Crippen molar-refractivity contribution in [2.75, 3.05) is 11.9 Å². The number of nitrogens with zero attached hydrogens (tertiary/aromatic N) is 1. The van der Waals surface area contributed by atoms with Crippen LogP contribution in [0, 0.1) is 0 Å². The summed E-state index contributed by atoms with van der Waals surface area (Å²) in [6.45, 7) is -0.228. The Balaban J connectivity index is 1.47. The molecule has 0 bridgehead atoms. The Kier molecular flexibility index (Phi) is 7.30. The third kappa shape index (κ3) is 5.78. The predicted molar refractivity (Wildman–Crippen MR) is 131 cm³/mol. The number of aliphatic carboxylic acids is 1. The molecule has 3 aromatic carbocycles. The van der Waals surface area contributed by atoms with E-state index in [1.165, 1.54) is 0 Å². The van der Waals surface area contributed by atoms with E-state index >= 15 is 0 Å². The SMILES string of the molecule is O=C(O)Cc1cccc(NC(=O)NCC(=O)N2C(c3ccccc3)CCC2c2ccccc2O)c1. The molecule has 3 amide bonds. The normalized spacial score (nSPS) is 17.1. The lowest BCUT2D eigenvalue weighted by Gasteiger charge is -2.31. The number of hydrogen-bond donors (Lipinski definition) is 4. The summed E-state index contributed by atoms with van der Waals surface area (Å²) >= 11 is 0. The molecule has 3 aromatic rings. The van der Waals surface area contributed by atoms with Gasteiger partial charge in [-0.1, -0.05) is 60.7 Å². The molecule has 0 aliphatic carbocycles. The number of carbonyl (C=O) groups is 3. The van der Waals surface area contributed by atoms with E-state index < -0.39 is 12.0 Å². The molecule has 8 heteroatoms. The largest absolute Gasteiger partial charge is 0.508 e. The van der Waals surface area contributed by atoms with E-state index in [-0.39, 0.29) is 36.7 Å². The van der Waals surface area contributed by atoms with Gasteiger partial charge in [0.15, 0.2) is 0 Å². The molecule has 1 aliphatic rings. The first-order valence-electron chi connectivity index (χ1n) is 11.4. The van der Waals surface area contributed by atoms with Crippen LogP contribution in [0.4, 0.5) is 10.5 Å². The fourth-order valence-corrected chi connectivity index (χ4v) is 4.59. The monoisotopic (exact) mass is 473 g/mol. The highest BCUT2D eigenvalue weighted by molar-refractivity contribution is 5.92. The van der Waals surface area contributed by atoms with E-state index in [0.717, 1.165) is 12.0 Å². The summed E-state index contributed by atoms with van der Waals surface area (Å²) in [7, 11) is 0. The Morgan fingerprint density at radius 1 is 0.886 bits per heavy atom. The van der Waals surface area contributed by atoms with Crippen LogP contribution in [0.1, 0.15) is 41.6 Å². The van der Waals surface area contributed by atoms with Crippen LogP contribution in [0.3, 0.4) is 0 Å². The molecule has 1 fully saturated rings. The van der Waals surface area contributed by atoms with Crippen molar-refractivity contribution in [3.63, 3.8) is 0 Å². The second-order valence-electron chi connectivity index (χ2n) is 8.46. The summed E-state index contributed by atoms with van der Waals surface area (Å²) in [5, 5.41) is 24.6. The summed E-state index contributed by atoms with van der Waals surface area (Å²) in [5.74, 6) is -1.09. The first kappa shape index (κ1) is 23.8. The maximum Gasteiger partial charge on any atom is 0.319 e. The van der Waals surface area contributed by atoms with Gasteiger partial charge in [-0.25, -0.2) is 4.79 Å². The molecule has 2 atom stereocenters. The number of phenols is 1. The summed E-state index contributed by atoms with van der Waals surface area (Å²) in [6.07, 6.45) is 1.27. The van der Waals surface area contributed by atoms with E-state index in [1.807, 2.05) is 42.5 Å². The highest BCUT2D eigenvalue weighted by atomic mass is 16.4. The fourth-order valence-electron chi connectivity index (χ4n) is 4.59. The van der Waals surface area contributed by atoms with Gasteiger partial charge in [0.1, 0.15) is 5.75 Å². The quantitative estimate of drug-likeness (QED) is 0.409. The molecule has 0 spiro atoms. The smallest absolute Gasteiger partial charge is 0.319 e. The summed E-state index contributed by atoms with van der Waals surface area (Å²) < 4.78 is 0. The van der Waals surface area contributed by atoms with Gasteiger partial charge in [0.25, 0.3) is 0 Å². The van der Waals surface area contributed by atoms with Gasteiger partial charge in [-0.3, -0.25) is 9.59 Å². The lowest BCUT2D eigenvalue weighted by atomic mass is 10.0. The maximum absolute atomic E-state index is 13.4. The van der Waals surface area contributed by atoms with Gasteiger partial charge in [-0.2, -0.15) is 0 Å². The van der Waals surface area contributed by atoms with Crippen molar-refractivity contribution < 1.29 is 24.6 Å². The van der Waals surface area contributed by atoms with Crippen molar-refractivity contribution in [1.29, 1.82) is 0 Å². The molecule has 0 radical (unpaired) electrons. The number of carboxylic acids is 1. The first-order valence-corrected chi connectivity index (χ1v) is 11.4. The van der Waals surface area contributed by atoms with Gasteiger partial charge in [-0.05, 0) is 42.2 Å². The van der Waals surface area contributed by atoms with E-state index in [2.05, 4.69) is 10.6 Å². The number of nitrogens with one attached hydrogen (secondary N) is 2. The minimum atomic E-state index is -0.963. The Bertz CT molecular complexity index is 1210. The van der Waals surface area contributed by atoms with Crippen molar-refractivity contribution in [3.8, 4) is 5.75 Å². The second kappa shape index (κ2) is 10.7. The number of phenolic OH excluding ortho intramolecular Hbond substituents is 1. The Labute approximate surface area is 203 Å². The van der Waals surface area contributed by atoms with Crippen molar-refractivity contribution in [3.05, 3.63) is 95.6 Å². The number of hydrogen-bond acceptors (Lipinski definition) is 4. The summed E-state index contributed by atoms with van der Waals surface area (Å²) in [4.78, 5) is 38.5. The molecule has 4 N–H and O–H groups in total. The molecular formula is C27H27N3O5. The molecule has 4 rings (SSSR count). The first-order chi connectivity index (χ1) is 16.9. The second-order valence-corrected chi connectivity index (χ2v) is 8.46. The number of urea groups is 1. The standard InChI is InChI=1S/C27H27N3O5/c31-24-12-5-4-11-21(24)23-14-13-22(19-8-2-1-3-9-19)30(23)25(32)17-28-27(35)29-20-10-6-7-18(15-20)16-26(33)34/h1-12,15,22-23,31H,13-14,16-17H2,(H,33,34)(H2,28,29,35). The average molecular weight is 474 g/mol. The third-order valence-corrected chi connectivity index (χ3v) is 6.09. The molecule has 1 aliphatic heterocycles. The molecule has 0 aromatic heterocycles. The third-order valence-electron chi connectivity index (χ3n) is 6.09. The zero-order chi connectivity index (χ0) is 24.8. The maximum atomic E-state index is 13.4. The van der Waals surface area contributed by atoms with Gasteiger partial charge in [-0.15, -0.1) is 0 Å². The zero-order valence-electron chi connectivity index (χ0n) is 19.1. The topological polar surface area (TPSA) is 119 Å². The molecule has 1 heterocycles. The number of likely N-dealkylation sites (tertiary alicyclic amines) is 1. The van der Waals surface area contributed by atoms with Gasteiger partial charge >= 0.3 is 12.0 Å². The summed E-state index contributed by atoms with van der Waals surface area (Å²) in [6, 6.07) is 22.2. The van der Waals surface area contributed by atoms with E-state index in [1.54, 1.807) is 41.3 Å². The number of aromatic hydroxyl groups is 1. The van der Waals surface area contributed by atoms with Gasteiger partial charge in [0.2, 0.25) is 5.91 Å². The van der Waals surface area contributed by atoms with Crippen LogP contribution >= 0.6 is 0 Å². The van der Waals surface area contributed by atoms with E-state index in [9.17, 15) is 19.5 Å². The van der Waals surface area contributed by atoms with Crippen LogP contribution in [0.15, 0.2) is 78.9 Å². The number of anilines is 1. The molecule has 2 unspecified atom stereocenters. The van der Waals surface area contributed by atoms with Gasteiger partial charge in [0.05, 0.1) is 25.0 Å². The molecule has 8 nitrogen and oxygen atoms in total. The highest BCUT2D eigenvalue weighted by Gasteiger charge is 2.39. The van der Waals surface area contributed by atoms with Crippen LogP contribution in [-0.4, -0.2) is 39.6 Å². The van der Waals surface area contributed by atoms with Crippen LogP contribution in [-0.2, 0) is 16.0 Å². The zero-order valence-corrected chi connectivity index (χ0v) is 19.1. The molecule has 180 valence electrons. The van der Waals surface area contributed by atoms with Crippen LogP contribution < -0.4 is 10.6 Å². The number of benzene rings is 3. The van der Waals surface area contributed by atoms with E-state index in [0.29, 0.717) is 23.2 Å².